The van der Waals surface area contributed by atoms with E-state index in [1.807, 2.05) is 4.90 Å². The van der Waals surface area contributed by atoms with E-state index in [-0.39, 0.29) is 5.54 Å². The van der Waals surface area contributed by atoms with Crippen molar-refractivity contribution in [3.8, 4) is 0 Å². The number of aromatic amines is 1. The Morgan fingerprint density at radius 2 is 2.29 bits per heavy atom. The van der Waals surface area contributed by atoms with Crippen LogP contribution in [0.25, 0.3) is 0 Å². The van der Waals surface area contributed by atoms with Crippen LogP contribution in [0.15, 0.2) is 12.4 Å². The molecule has 1 fully saturated rings. The molecule has 1 amide bonds. The average molecular weight is 190 g/mol. The third kappa shape index (κ3) is 0.800. The molecule has 0 saturated carbocycles. The number of nitrogens with zero attached hydrogens (tertiary/aromatic N) is 1. The highest BCUT2D eigenvalue weighted by Crippen LogP contribution is 2.43. The van der Waals surface area contributed by atoms with E-state index in [2.05, 4.69) is 24.3 Å². The topological polar surface area (TPSA) is 36.1 Å². The molecule has 3 rings (SSSR count). The maximum absolute atomic E-state index is 11.7. The normalized spacial score (nSPS) is 30.4. The highest BCUT2D eigenvalue weighted by atomic mass is 16.2. The van der Waals surface area contributed by atoms with Crippen molar-refractivity contribution in [1.82, 2.24) is 9.88 Å². The van der Waals surface area contributed by atoms with Gasteiger partial charge in [0.1, 0.15) is 0 Å². The number of carbonyl (C=O) groups excluding carboxylic acids is 1. The summed E-state index contributed by atoms with van der Waals surface area (Å²) < 4.78 is 0. The zero-order valence-electron chi connectivity index (χ0n) is 8.34. The summed E-state index contributed by atoms with van der Waals surface area (Å²) in [6.45, 7) is 3.07. The van der Waals surface area contributed by atoms with Crippen LogP contribution >= 0.6 is 0 Å². The van der Waals surface area contributed by atoms with Crippen molar-refractivity contribution < 1.29 is 4.79 Å². The highest BCUT2D eigenvalue weighted by Gasteiger charge is 2.46. The van der Waals surface area contributed by atoms with Crippen LogP contribution in [-0.2, 0) is 16.8 Å². The Labute approximate surface area is 83.1 Å². The molecule has 0 aromatic carbocycles. The fourth-order valence-corrected chi connectivity index (χ4v) is 2.88. The molecule has 1 saturated heterocycles. The third-order valence-corrected chi connectivity index (χ3v) is 3.74. The Kier molecular flexibility index (Phi) is 1.39. The predicted octanol–water partition coefficient (Wildman–Crippen LogP) is 1.41. The van der Waals surface area contributed by atoms with Gasteiger partial charge < -0.3 is 9.88 Å². The van der Waals surface area contributed by atoms with Crippen LogP contribution in [0, 0.1) is 0 Å². The van der Waals surface area contributed by atoms with Crippen LogP contribution in [0.1, 0.15) is 30.9 Å². The number of amides is 1. The van der Waals surface area contributed by atoms with Crippen LogP contribution in [0.3, 0.4) is 0 Å². The number of hydrogen-bond acceptors (Lipinski definition) is 1. The molecule has 3 nitrogen and oxygen atoms in total. The Bertz CT molecular complexity index is 396. The number of aromatic nitrogens is 1. The molecule has 0 radical (unpaired) electrons. The van der Waals surface area contributed by atoms with E-state index in [1.165, 1.54) is 11.1 Å². The van der Waals surface area contributed by atoms with E-state index in [9.17, 15) is 4.79 Å². The van der Waals surface area contributed by atoms with Crippen molar-refractivity contribution in [1.29, 1.82) is 0 Å². The molecule has 3 heterocycles. The molecule has 2 aliphatic heterocycles. The molecular weight excluding hydrogens is 176 g/mol. The molecule has 0 spiro atoms. The van der Waals surface area contributed by atoms with Gasteiger partial charge in [-0.15, -0.1) is 0 Å². The summed E-state index contributed by atoms with van der Waals surface area (Å²) in [6, 6.07) is 0. The van der Waals surface area contributed by atoms with Gasteiger partial charge in [0.25, 0.3) is 0 Å². The zero-order valence-corrected chi connectivity index (χ0v) is 8.34. The minimum absolute atomic E-state index is 0.0231. The molecule has 74 valence electrons. The van der Waals surface area contributed by atoms with E-state index in [0.29, 0.717) is 12.3 Å². The second-order valence-corrected chi connectivity index (χ2v) is 4.46. The van der Waals surface area contributed by atoms with Gasteiger partial charge >= 0.3 is 0 Å². The van der Waals surface area contributed by atoms with Gasteiger partial charge in [-0.05, 0) is 30.9 Å². The van der Waals surface area contributed by atoms with E-state index in [4.69, 9.17) is 0 Å². The second-order valence-electron chi connectivity index (χ2n) is 4.46. The van der Waals surface area contributed by atoms with Crippen molar-refractivity contribution in [3.05, 3.63) is 23.5 Å². The Balaban J connectivity index is 2.15. The SMILES string of the molecule is CC12CCC(=O)N1CCc1c[nH]cc12. The van der Waals surface area contributed by atoms with Gasteiger partial charge in [0.05, 0.1) is 5.54 Å². The number of rotatable bonds is 0. The van der Waals surface area contributed by atoms with E-state index in [0.717, 1.165) is 19.4 Å². The number of hydrogen-bond donors (Lipinski definition) is 1. The van der Waals surface area contributed by atoms with E-state index in [1.54, 1.807) is 0 Å². The fraction of sp³-hybridized carbons (Fsp3) is 0.545. The number of H-pyrrole nitrogens is 1. The minimum atomic E-state index is -0.0231. The molecule has 1 unspecified atom stereocenters. The molecule has 0 aliphatic carbocycles. The summed E-state index contributed by atoms with van der Waals surface area (Å²) in [6.07, 6.45) is 6.80. The van der Waals surface area contributed by atoms with Crippen LogP contribution in [-0.4, -0.2) is 22.3 Å². The molecule has 1 aromatic rings. The van der Waals surface area contributed by atoms with Gasteiger partial charge in [-0.25, -0.2) is 0 Å². The highest BCUT2D eigenvalue weighted by molar-refractivity contribution is 5.80. The van der Waals surface area contributed by atoms with Gasteiger partial charge in [-0.1, -0.05) is 0 Å². The first kappa shape index (κ1) is 8.09. The fourth-order valence-electron chi connectivity index (χ4n) is 2.88. The predicted molar refractivity (Wildman–Crippen MR) is 52.8 cm³/mol. The van der Waals surface area contributed by atoms with Crippen LogP contribution < -0.4 is 0 Å². The zero-order chi connectivity index (χ0) is 9.76. The van der Waals surface area contributed by atoms with Crippen molar-refractivity contribution in [2.75, 3.05) is 6.54 Å². The molecule has 2 aliphatic rings. The number of fused-ring (bicyclic) bond motifs is 3. The first-order valence-electron chi connectivity index (χ1n) is 5.18. The van der Waals surface area contributed by atoms with Gasteiger partial charge in [-0.2, -0.15) is 0 Å². The monoisotopic (exact) mass is 190 g/mol. The lowest BCUT2D eigenvalue weighted by molar-refractivity contribution is -0.131. The standard InChI is InChI=1S/C11H14N2O/c1-11-4-2-10(14)13(11)5-3-8-6-12-7-9(8)11/h6-7,12H,2-5H2,1H3. The van der Waals surface area contributed by atoms with Crippen molar-refractivity contribution in [2.24, 2.45) is 0 Å². The number of nitrogens with one attached hydrogen (secondary N) is 1. The maximum atomic E-state index is 11.7. The summed E-state index contributed by atoms with van der Waals surface area (Å²) in [5, 5.41) is 0. The lowest BCUT2D eigenvalue weighted by Gasteiger charge is -2.39. The molecule has 1 aromatic heterocycles. The van der Waals surface area contributed by atoms with Crippen LogP contribution in [0.2, 0.25) is 0 Å². The van der Waals surface area contributed by atoms with Gasteiger partial charge in [0, 0.05) is 25.4 Å². The maximum Gasteiger partial charge on any atom is 0.223 e. The smallest absolute Gasteiger partial charge is 0.223 e. The van der Waals surface area contributed by atoms with E-state index < -0.39 is 0 Å². The summed E-state index contributed by atoms with van der Waals surface area (Å²) in [5.74, 6) is 0.319. The first-order valence-corrected chi connectivity index (χ1v) is 5.18. The minimum Gasteiger partial charge on any atom is -0.367 e. The molecule has 1 atom stereocenters. The molecule has 3 heteroatoms. The van der Waals surface area contributed by atoms with Gasteiger partial charge in [0.2, 0.25) is 5.91 Å². The molecule has 1 N–H and O–H groups in total. The van der Waals surface area contributed by atoms with Crippen molar-refractivity contribution in [2.45, 2.75) is 31.7 Å². The van der Waals surface area contributed by atoms with Crippen LogP contribution in [0.5, 0.6) is 0 Å². The Morgan fingerprint density at radius 1 is 1.43 bits per heavy atom. The van der Waals surface area contributed by atoms with Gasteiger partial charge in [-0.3, -0.25) is 4.79 Å². The largest absolute Gasteiger partial charge is 0.367 e. The van der Waals surface area contributed by atoms with Crippen molar-refractivity contribution in [3.63, 3.8) is 0 Å². The number of carbonyl (C=O) groups is 1. The lowest BCUT2D eigenvalue weighted by atomic mass is 9.85. The molecular formula is C11H14N2O. The summed E-state index contributed by atoms with van der Waals surface area (Å²) in [5.41, 5.74) is 2.69. The molecule has 0 bridgehead atoms. The average Bonchev–Trinajstić information content (AvgIpc) is 2.72. The quantitative estimate of drug-likeness (QED) is 0.659. The first-order chi connectivity index (χ1) is 6.72. The molecule has 14 heavy (non-hydrogen) atoms. The Morgan fingerprint density at radius 3 is 3.14 bits per heavy atom. The lowest BCUT2D eigenvalue weighted by Crippen LogP contribution is -2.45. The summed E-state index contributed by atoms with van der Waals surface area (Å²) in [7, 11) is 0. The Hall–Kier alpha value is -1.25. The van der Waals surface area contributed by atoms with Crippen molar-refractivity contribution >= 4 is 5.91 Å². The van der Waals surface area contributed by atoms with Crippen LogP contribution in [0.4, 0.5) is 0 Å². The summed E-state index contributed by atoms with van der Waals surface area (Å²) in [4.78, 5) is 16.9. The second kappa shape index (κ2) is 2.41. The third-order valence-electron chi connectivity index (χ3n) is 3.74. The van der Waals surface area contributed by atoms with Gasteiger partial charge in [0.15, 0.2) is 0 Å². The van der Waals surface area contributed by atoms with E-state index >= 15 is 0 Å². The summed E-state index contributed by atoms with van der Waals surface area (Å²) >= 11 is 0.